The zero-order chi connectivity index (χ0) is 26.1. The summed E-state index contributed by atoms with van der Waals surface area (Å²) in [6.07, 6.45) is 3.51. The zero-order valence-electron chi connectivity index (χ0n) is 21.2. The van der Waals surface area contributed by atoms with Crippen molar-refractivity contribution in [2.45, 2.75) is 25.8 Å². The van der Waals surface area contributed by atoms with Crippen LogP contribution < -0.4 is 20.1 Å². The van der Waals surface area contributed by atoms with Gasteiger partial charge in [0.1, 0.15) is 17.5 Å². The van der Waals surface area contributed by atoms with Gasteiger partial charge < -0.3 is 34.7 Å². The summed E-state index contributed by atoms with van der Waals surface area (Å²) < 4.78 is 17.0. The molecule has 5 heterocycles. The molecule has 6 rings (SSSR count). The molecule has 12 heteroatoms. The number of likely N-dealkylation sites (tertiary alicyclic amines) is 1. The number of piperidine rings is 1. The summed E-state index contributed by atoms with van der Waals surface area (Å²) in [6.45, 7) is 7.51. The predicted octanol–water partition coefficient (Wildman–Crippen LogP) is 2.67. The van der Waals surface area contributed by atoms with Gasteiger partial charge in [-0.2, -0.15) is 15.2 Å². The van der Waals surface area contributed by atoms with E-state index in [2.05, 4.69) is 36.6 Å². The van der Waals surface area contributed by atoms with E-state index in [-0.39, 0.29) is 12.7 Å². The number of fused-ring (bicyclic) bond motifs is 2. The minimum atomic E-state index is -0.0544. The van der Waals surface area contributed by atoms with Crippen molar-refractivity contribution in [2.75, 3.05) is 63.4 Å². The second kappa shape index (κ2) is 10.4. The zero-order valence-corrected chi connectivity index (χ0v) is 21.2. The number of anilines is 3. The highest BCUT2D eigenvalue weighted by atomic mass is 16.7. The number of nitrogens with one attached hydrogen (secondary N) is 3. The van der Waals surface area contributed by atoms with E-state index in [0.29, 0.717) is 76.8 Å². The molecule has 3 aliphatic heterocycles. The second-order valence-electron chi connectivity index (χ2n) is 9.49. The number of aromatic amines is 1. The van der Waals surface area contributed by atoms with Crippen LogP contribution in [0, 0.1) is 11.3 Å². The number of amides is 1. The van der Waals surface area contributed by atoms with Crippen molar-refractivity contribution in [3.05, 3.63) is 29.5 Å². The molecular formula is C26H30N8O4. The third-order valence-corrected chi connectivity index (χ3v) is 7.31. The number of hydrogen-bond donors (Lipinski definition) is 3. The number of H-pyrrole nitrogens is 1. The molecule has 12 nitrogen and oxygen atoms in total. The van der Waals surface area contributed by atoms with Gasteiger partial charge in [0.05, 0.1) is 35.4 Å². The van der Waals surface area contributed by atoms with Crippen molar-refractivity contribution in [1.82, 2.24) is 24.8 Å². The minimum Gasteiger partial charge on any atom is -0.453 e. The van der Waals surface area contributed by atoms with Crippen molar-refractivity contribution >= 4 is 34.4 Å². The third kappa shape index (κ3) is 4.44. The quantitative estimate of drug-likeness (QED) is 0.446. The molecule has 38 heavy (non-hydrogen) atoms. The van der Waals surface area contributed by atoms with E-state index in [1.54, 1.807) is 18.3 Å². The Labute approximate surface area is 219 Å². The summed E-state index contributed by atoms with van der Waals surface area (Å²) >= 11 is 0. The molecule has 2 saturated heterocycles. The molecule has 0 saturated carbocycles. The first-order valence-electron chi connectivity index (χ1n) is 13.0. The molecule has 0 atom stereocenters. The first-order chi connectivity index (χ1) is 18.7. The molecule has 3 N–H and O–H groups in total. The number of rotatable bonds is 6. The largest absolute Gasteiger partial charge is 0.453 e. The number of morpholine rings is 1. The van der Waals surface area contributed by atoms with Gasteiger partial charge in [-0.15, -0.1) is 0 Å². The lowest BCUT2D eigenvalue weighted by Gasteiger charge is -2.40. The molecule has 0 spiro atoms. The number of carbonyl (C=O) groups excluding carboxylic acids is 1. The number of ether oxygens (including phenoxy) is 3. The van der Waals surface area contributed by atoms with Crippen molar-refractivity contribution < 1.29 is 19.0 Å². The highest BCUT2D eigenvalue weighted by Gasteiger charge is 2.32. The Morgan fingerprint density at radius 2 is 1.95 bits per heavy atom. The van der Waals surface area contributed by atoms with E-state index < -0.39 is 0 Å². The van der Waals surface area contributed by atoms with Gasteiger partial charge in [0.25, 0.3) is 5.91 Å². The summed E-state index contributed by atoms with van der Waals surface area (Å²) in [4.78, 5) is 30.0. The molecule has 0 unspecified atom stereocenters. The number of nitriles is 1. The summed E-state index contributed by atoms with van der Waals surface area (Å²) in [5.74, 6) is 1.70. The lowest BCUT2D eigenvalue weighted by molar-refractivity contribution is 0.00155. The molecule has 0 bridgehead atoms. The molecule has 1 aromatic carbocycles. The lowest BCUT2D eigenvalue weighted by atomic mass is 10.0. The summed E-state index contributed by atoms with van der Waals surface area (Å²) in [6, 6.07) is 6.21. The second-order valence-corrected chi connectivity index (χ2v) is 9.49. The molecule has 2 aromatic heterocycles. The van der Waals surface area contributed by atoms with Gasteiger partial charge >= 0.3 is 0 Å². The van der Waals surface area contributed by atoms with Gasteiger partial charge in [-0.1, -0.05) is 0 Å². The monoisotopic (exact) mass is 518 g/mol. The van der Waals surface area contributed by atoms with Crippen molar-refractivity contribution in [2.24, 2.45) is 0 Å². The summed E-state index contributed by atoms with van der Waals surface area (Å²) in [5.41, 5.74) is 2.09. The Bertz CT molecular complexity index is 1390. The van der Waals surface area contributed by atoms with E-state index in [4.69, 9.17) is 14.2 Å². The maximum atomic E-state index is 13.5. The molecule has 1 amide bonds. The average molecular weight is 519 g/mol. The van der Waals surface area contributed by atoms with Crippen LogP contribution in [-0.2, 0) is 4.74 Å². The normalized spacial score (nSPS) is 17.9. The topological polar surface area (TPSA) is 141 Å². The Balaban J connectivity index is 1.21. The molecule has 198 valence electrons. The first-order valence-corrected chi connectivity index (χ1v) is 13.0. The highest BCUT2D eigenvalue weighted by Crippen LogP contribution is 2.43. The highest BCUT2D eigenvalue weighted by molar-refractivity contribution is 5.99. The van der Waals surface area contributed by atoms with Gasteiger partial charge in [0.2, 0.25) is 12.7 Å². The molecule has 3 aromatic rings. The Kier molecular flexibility index (Phi) is 6.61. The number of aromatic nitrogens is 3. The van der Waals surface area contributed by atoms with Crippen molar-refractivity contribution in [1.29, 1.82) is 5.26 Å². The van der Waals surface area contributed by atoms with E-state index >= 15 is 0 Å². The van der Waals surface area contributed by atoms with Crippen LogP contribution in [0.5, 0.6) is 11.5 Å². The van der Waals surface area contributed by atoms with Crippen LogP contribution in [0.4, 0.5) is 17.5 Å². The fourth-order valence-electron chi connectivity index (χ4n) is 5.40. The summed E-state index contributed by atoms with van der Waals surface area (Å²) in [7, 11) is 0. The predicted molar refractivity (Wildman–Crippen MR) is 140 cm³/mol. The van der Waals surface area contributed by atoms with Gasteiger partial charge in [-0.05, 0) is 31.9 Å². The molecular weight excluding hydrogens is 488 g/mol. The maximum absolute atomic E-state index is 13.5. The first kappa shape index (κ1) is 24.3. The smallest absolute Gasteiger partial charge is 0.257 e. The van der Waals surface area contributed by atoms with E-state index in [9.17, 15) is 10.1 Å². The third-order valence-electron chi connectivity index (χ3n) is 7.31. The molecule has 0 radical (unpaired) electrons. The van der Waals surface area contributed by atoms with Gasteiger partial charge in [-0.3, -0.25) is 9.69 Å². The van der Waals surface area contributed by atoms with Crippen LogP contribution in [0.15, 0.2) is 18.3 Å². The fraction of sp³-hybridized carbons (Fsp3) is 0.462. The van der Waals surface area contributed by atoms with Crippen LogP contribution >= 0.6 is 0 Å². The Morgan fingerprint density at radius 1 is 1.16 bits per heavy atom. The number of nitrogens with zero attached hydrogens (tertiary/aromatic N) is 5. The molecule has 2 fully saturated rings. The van der Waals surface area contributed by atoms with Gasteiger partial charge in [-0.25, -0.2) is 0 Å². The van der Waals surface area contributed by atoms with Crippen molar-refractivity contribution in [3.8, 4) is 17.6 Å². The minimum absolute atomic E-state index is 0.0259. The maximum Gasteiger partial charge on any atom is 0.257 e. The SMILES string of the molecule is CCNc1nc(Nc2ccc(C(=O)N3CCC(N4CCOCC4)CC3)c3c2OCO3)nc2[nH]cc(C#N)c12. The number of benzene rings is 1. The van der Waals surface area contributed by atoms with Crippen LogP contribution in [-0.4, -0.2) is 89.4 Å². The lowest BCUT2D eigenvalue weighted by Crippen LogP contribution is -2.50. The van der Waals surface area contributed by atoms with E-state index in [0.717, 1.165) is 39.1 Å². The Hall–Kier alpha value is -4.08. The van der Waals surface area contributed by atoms with Crippen molar-refractivity contribution in [3.63, 3.8) is 0 Å². The van der Waals surface area contributed by atoms with Gasteiger partial charge in [0.15, 0.2) is 11.5 Å². The fourth-order valence-corrected chi connectivity index (χ4v) is 5.40. The van der Waals surface area contributed by atoms with E-state index in [1.165, 1.54) is 0 Å². The van der Waals surface area contributed by atoms with Crippen LogP contribution in [0.1, 0.15) is 35.7 Å². The van der Waals surface area contributed by atoms with Gasteiger partial charge in [0, 0.05) is 45.0 Å². The van der Waals surface area contributed by atoms with E-state index in [1.807, 2.05) is 11.8 Å². The summed E-state index contributed by atoms with van der Waals surface area (Å²) in [5, 5.41) is 16.5. The van der Waals surface area contributed by atoms with Crippen LogP contribution in [0.2, 0.25) is 0 Å². The molecule has 0 aliphatic carbocycles. The van der Waals surface area contributed by atoms with Crippen LogP contribution in [0.3, 0.4) is 0 Å². The Morgan fingerprint density at radius 3 is 2.71 bits per heavy atom. The average Bonchev–Trinajstić information content (AvgIpc) is 3.62. The standard InChI is InChI=1S/C26H30N8O4/c1-2-28-23-20-16(13-27)14-29-24(20)32-26(31-23)30-19-4-3-18(21-22(19)38-15-37-21)25(35)34-7-5-17(6-8-34)33-9-11-36-12-10-33/h3-4,14,17H,2,5-12,15H2,1H3,(H3,28,29,30,31,32). The van der Waals surface area contributed by atoms with Crippen LogP contribution in [0.25, 0.3) is 11.0 Å². The number of hydrogen-bond acceptors (Lipinski definition) is 10. The molecule has 3 aliphatic rings. The number of carbonyl (C=O) groups is 1.